The fourth-order valence-electron chi connectivity index (χ4n) is 6.47. The van der Waals surface area contributed by atoms with Crippen molar-refractivity contribution in [1.82, 2.24) is 29.2 Å². The number of hydrogen-bond acceptors (Lipinski definition) is 7. The molecule has 4 aromatic heterocycles. The van der Waals surface area contributed by atoms with Gasteiger partial charge in [-0.05, 0) is 56.5 Å². The van der Waals surface area contributed by atoms with Gasteiger partial charge in [0, 0.05) is 47.5 Å². The Morgan fingerprint density at radius 1 is 1.06 bits per heavy atom. The molecular weight excluding hydrogens is 634 g/mol. The summed E-state index contributed by atoms with van der Waals surface area (Å²) >= 11 is 1.43. The maximum atomic E-state index is 16.1. The lowest BCUT2D eigenvalue weighted by atomic mass is 9.96. The van der Waals surface area contributed by atoms with Gasteiger partial charge in [-0.1, -0.05) is 12.6 Å². The van der Waals surface area contributed by atoms with Crippen LogP contribution in [0.1, 0.15) is 31.4 Å². The number of carbonyl (C=O) groups excluding carboxylic acids is 1. The number of fused-ring (bicyclic) bond motifs is 3. The van der Waals surface area contributed by atoms with E-state index in [0.29, 0.717) is 29.2 Å². The molecule has 0 aliphatic carbocycles. The number of methoxy groups -OCH3 is 1. The quantitative estimate of drug-likeness (QED) is 0.124. The molecule has 5 heterocycles. The number of benzene rings is 2. The molecule has 0 saturated heterocycles. The first-order chi connectivity index (χ1) is 23.1. The van der Waals surface area contributed by atoms with Gasteiger partial charge in [0.25, 0.3) is 0 Å². The van der Waals surface area contributed by atoms with Crippen LogP contribution in [-0.2, 0) is 23.1 Å². The molecule has 0 bridgehead atoms. The second-order valence-corrected chi connectivity index (χ2v) is 12.9. The highest BCUT2D eigenvalue weighted by atomic mass is 32.1. The Labute approximate surface area is 280 Å². The molecule has 0 unspecified atom stereocenters. The third-order valence-corrected chi connectivity index (χ3v) is 10.2. The van der Waals surface area contributed by atoms with Crippen LogP contribution >= 0.6 is 11.3 Å². The van der Waals surface area contributed by atoms with Crippen LogP contribution in [0.25, 0.3) is 54.9 Å². The van der Waals surface area contributed by atoms with Gasteiger partial charge in [0.1, 0.15) is 41.2 Å². The van der Waals surface area contributed by atoms with Crippen LogP contribution in [0.15, 0.2) is 60.5 Å². The molecule has 2 aromatic carbocycles. The minimum absolute atomic E-state index is 0.0362. The van der Waals surface area contributed by atoms with Gasteiger partial charge in [-0.25, -0.2) is 18.7 Å². The predicted octanol–water partition coefficient (Wildman–Crippen LogP) is 7.47. The molecule has 1 aliphatic heterocycles. The average molecular weight is 669 g/mol. The number of pyridine rings is 1. The maximum absolute atomic E-state index is 16.1. The van der Waals surface area contributed by atoms with Gasteiger partial charge in [0.15, 0.2) is 0 Å². The molecule has 6 aromatic rings. The summed E-state index contributed by atoms with van der Waals surface area (Å²) in [4.78, 5) is 24.5. The van der Waals surface area contributed by atoms with E-state index in [2.05, 4.69) is 6.58 Å². The molecule has 9 nitrogen and oxygen atoms in total. The molecule has 0 saturated carbocycles. The van der Waals surface area contributed by atoms with Crippen LogP contribution in [-0.4, -0.2) is 61.5 Å². The predicted molar refractivity (Wildman–Crippen MR) is 183 cm³/mol. The molecule has 7 rings (SSSR count). The first-order valence-electron chi connectivity index (χ1n) is 15.6. The first-order valence-corrected chi connectivity index (χ1v) is 16.5. The highest BCUT2D eigenvalue weighted by Gasteiger charge is 2.34. The Hall–Kier alpha value is -4.94. The lowest BCUT2D eigenvalue weighted by Crippen LogP contribution is -2.46. The second kappa shape index (κ2) is 12.3. The highest BCUT2D eigenvalue weighted by molar-refractivity contribution is 7.18. The lowest BCUT2D eigenvalue weighted by Gasteiger charge is -2.37. The van der Waals surface area contributed by atoms with E-state index >= 15 is 4.39 Å². The summed E-state index contributed by atoms with van der Waals surface area (Å²) in [5, 5.41) is 7.75. The van der Waals surface area contributed by atoms with Gasteiger partial charge >= 0.3 is 0 Å². The van der Waals surface area contributed by atoms with Crippen molar-refractivity contribution < 1.29 is 23.0 Å². The van der Waals surface area contributed by atoms with Gasteiger partial charge in [-0.2, -0.15) is 5.10 Å². The van der Waals surface area contributed by atoms with E-state index in [1.54, 1.807) is 4.90 Å². The summed E-state index contributed by atoms with van der Waals surface area (Å²) in [6.45, 7) is 10.2. The second-order valence-electron chi connectivity index (χ2n) is 12.0. The summed E-state index contributed by atoms with van der Waals surface area (Å²) in [6, 6.07) is 11.6. The lowest BCUT2D eigenvalue weighted by molar-refractivity contribution is -0.130. The Bertz CT molecular complexity index is 2240. The first kappa shape index (κ1) is 31.6. The average Bonchev–Trinajstić information content (AvgIpc) is 3.79. The van der Waals surface area contributed by atoms with Gasteiger partial charge in [0.2, 0.25) is 5.91 Å². The third-order valence-electron chi connectivity index (χ3n) is 9.22. The molecule has 0 spiro atoms. The molecule has 48 heavy (non-hydrogen) atoms. The summed E-state index contributed by atoms with van der Waals surface area (Å²) in [5.74, 6) is -0.795. The number of imidazole rings is 1. The van der Waals surface area contributed by atoms with Crippen LogP contribution < -0.4 is 4.74 Å². The van der Waals surface area contributed by atoms with Gasteiger partial charge in [-0.15, -0.1) is 11.3 Å². The number of amides is 1. The van der Waals surface area contributed by atoms with Crippen LogP contribution in [0.4, 0.5) is 8.78 Å². The van der Waals surface area contributed by atoms with Crippen LogP contribution in [0.2, 0.25) is 0 Å². The summed E-state index contributed by atoms with van der Waals surface area (Å²) in [5.41, 5.74) is 5.55. The standard InChI is InChI=1S/C36H34F2N6O3S/c1-7-31(45)43-18-24-17-28(41-44(24)20(3)19(43)2)35-33(32-26(38)15-23(37)16-30(32)47-12-11-46-6)36-25(10-13-48-36)34(40-35)22-8-9-29-27(14-22)39-21(4)42(29)5/h7-10,13-17,19-20H,1,11-12,18H2,2-6H3/t19-,20-/m0/s1. The Morgan fingerprint density at radius 2 is 1.88 bits per heavy atom. The van der Waals surface area contributed by atoms with Crippen LogP contribution in [0.3, 0.4) is 0 Å². The SMILES string of the molecule is C=CC(=O)N1Cc2cc(-c3nc(-c4ccc5c(c4)nc(C)n5C)c4ccsc4c3-c3c(F)cc(F)cc3OCCOC)nn2[C@@H](C)[C@@H]1C. The minimum atomic E-state index is -0.785. The van der Waals surface area contributed by atoms with E-state index in [4.69, 9.17) is 24.5 Å². The van der Waals surface area contributed by atoms with Gasteiger partial charge in [0.05, 0.1) is 53.2 Å². The number of thiophene rings is 1. The number of ether oxygens (including phenoxy) is 2. The van der Waals surface area contributed by atoms with Crippen LogP contribution in [0, 0.1) is 18.6 Å². The minimum Gasteiger partial charge on any atom is -0.490 e. The number of halogens is 2. The van der Waals surface area contributed by atoms with Crippen molar-refractivity contribution in [3.8, 4) is 39.5 Å². The number of hydrogen-bond donors (Lipinski definition) is 0. The van der Waals surface area contributed by atoms with E-state index in [9.17, 15) is 9.18 Å². The Balaban J connectivity index is 1.51. The molecule has 1 amide bonds. The number of rotatable bonds is 8. The largest absolute Gasteiger partial charge is 0.490 e. The van der Waals surface area contributed by atoms with Crippen molar-refractivity contribution in [2.45, 2.75) is 39.4 Å². The molecular formula is C36H34F2N6O3S. The van der Waals surface area contributed by atoms with E-state index < -0.39 is 11.6 Å². The molecule has 2 atom stereocenters. The molecule has 0 fully saturated rings. The van der Waals surface area contributed by atoms with Gasteiger partial charge in [-0.3, -0.25) is 9.48 Å². The smallest absolute Gasteiger partial charge is 0.246 e. The molecule has 0 radical (unpaired) electrons. The highest BCUT2D eigenvalue weighted by Crippen LogP contribution is 2.47. The van der Waals surface area contributed by atoms with Crippen molar-refractivity contribution >= 4 is 38.4 Å². The molecule has 12 heteroatoms. The number of aromatic nitrogens is 5. The fraction of sp³-hybridized carbons (Fsp3) is 0.278. The summed E-state index contributed by atoms with van der Waals surface area (Å²) in [7, 11) is 3.50. The fourth-order valence-corrected chi connectivity index (χ4v) is 7.42. The van der Waals surface area contributed by atoms with Crippen molar-refractivity contribution in [3.05, 3.63) is 83.7 Å². The zero-order valence-corrected chi connectivity index (χ0v) is 28.1. The number of carbonyl (C=O) groups is 1. The van der Waals surface area contributed by atoms with E-state index in [-0.39, 0.29) is 42.5 Å². The summed E-state index contributed by atoms with van der Waals surface area (Å²) in [6.07, 6.45) is 1.31. The third kappa shape index (κ3) is 5.15. The zero-order valence-electron chi connectivity index (χ0n) is 27.3. The maximum Gasteiger partial charge on any atom is 0.246 e. The van der Waals surface area contributed by atoms with E-state index in [0.717, 1.165) is 44.3 Å². The van der Waals surface area contributed by atoms with E-state index in [1.165, 1.54) is 30.6 Å². The zero-order chi connectivity index (χ0) is 33.9. The van der Waals surface area contributed by atoms with Crippen LogP contribution in [0.5, 0.6) is 5.75 Å². The molecule has 246 valence electrons. The van der Waals surface area contributed by atoms with Crippen molar-refractivity contribution in [1.29, 1.82) is 0 Å². The topological polar surface area (TPSA) is 87.3 Å². The van der Waals surface area contributed by atoms with Crippen molar-refractivity contribution in [2.75, 3.05) is 20.3 Å². The monoisotopic (exact) mass is 668 g/mol. The Kier molecular flexibility index (Phi) is 8.08. The van der Waals surface area contributed by atoms with Crippen molar-refractivity contribution in [2.24, 2.45) is 7.05 Å². The molecule has 0 N–H and O–H groups in total. The number of aryl methyl sites for hydroxylation is 2. The summed E-state index contributed by atoms with van der Waals surface area (Å²) < 4.78 is 46.6. The van der Waals surface area contributed by atoms with Crippen molar-refractivity contribution in [3.63, 3.8) is 0 Å². The Morgan fingerprint density at radius 3 is 2.65 bits per heavy atom. The number of nitrogens with zero attached hydrogens (tertiary/aromatic N) is 6. The van der Waals surface area contributed by atoms with Gasteiger partial charge < -0.3 is 18.9 Å². The normalized spacial score (nSPS) is 16.1. The van der Waals surface area contributed by atoms with E-state index in [1.807, 2.05) is 72.8 Å². The molecule has 1 aliphatic rings.